The van der Waals surface area contributed by atoms with Gasteiger partial charge in [-0.1, -0.05) is 46.6 Å². The molecule has 3 aromatic heterocycles. The molecule has 10 rings (SSSR count). The van der Waals surface area contributed by atoms with Gasteiger partial charge in [0.25, 0.3) is 0 Å². The third-order valence-corrected chi connectivity index (χ3v) is 16.4. The number of carbonyl (C=O) groups excluding carboxylic acids is 3. The standard InChI is InChI=1S/C16H25N5OS.C16H25N5O.C14H22N4O.C11H17N3S/c1-19-10-21(11-20(2)16(19)22)9-13-5-3-4-12(6-13)7-14-8-17-15(23)18-14;1-19-11-21(12-20(2)16(19)22)9-14-5-3-4-13(6-14)7-15-8-17-10-18-15;1-16-10-18(11-17(2)14(16)19)9-13-5-3-4-12(8-13)6-7-15;12-6-9-3-1-2-8(4-9)5-10-7-13-11(15)14-10/h5,8,12H,3-4,6-7,9-11H2,1-2H3,(H2,17,18,23);5,8,10,13H,3-4,6-7,9,11-12H2,1-2H3,(H,17,18);5,12H,3-4,6,8-11H2,1-2H3;3,7-8H,1-2,4-6,12H2,(H2,13,14,15). The van der Waals surface area contributed by atoms with E-state index in [2.05, 4.69) is 75.0 Å². The van der Waals surface area contributed by atoms with Crippen molar-refractivity contribution < 1.29 is 14.4 Å². The van der Waals surface area contributed by atoms with Gasteiger partial charge in [-0.05, 0) is 144 Å². The molecule has 7 aliphatic rings. The number of aromatic nitrogens is 6. The van der Waals surface area contributed by atoms with Crippen molar-refractivity contribution in [2.75, 3.05) is 108 Å². The number of nitrogens with two attached hydrogens (primary N) is 1. The number of nitriles is 1. The van der Waals surface area contributed by atoms with Crippen molar-refractivity contribution in [3.63, 3.8) is 0 Å². The molecule has 4 unspecified atom stereocenters. The van der Waals surface area contributed by atoms with Gasteiger partial charge < -0.3 is 60.1 Å². The average molecular weight is 1120 g/mol. The van der Waals surface area contributed by atoms with E-state index in [1.165, 1.54) is 65.1 Å². The number of nitrogens with one attached hydrogen (secondary N) is 5. The summed E-state index contributed by atoms with van der Waals surface area (Å²) < 4.78 is 1.42. The van der Waals surface area contributed by atoms with Crippen LogP contribution in [0.3, 0.4) is 0 Å². The largest absolute Gasteiger partial charge is 0.348 e. The number of nitrogens with zero attached hydrogens (tertiary/aromatic N) is 11. The molecule has 0 spiro atoms. The number of H-pyrrole nitrogens is 5. The summed E-state index contributed by atoms with van der Waals surface area (Å²) in [6.45, 7) is 7.73. The molecule has 20 nitrogen and oxygen atoms in total. The third-order valence-electron chi connectivity index (χ3n) is 16.0. The highest BCUT2D eigenvalue weighted by Crippen LogP contribution is 2.31. The van der Waals surface area contributed by atoms with E-state index in [1.54, 1.807) is 35.7 Å². The highest BCUT2D eigenvalue weighted by molar-refractivity contribution is 7.71. The molecule has 0 saturated carbocycles. The molecule has 3 aromatic rings. The first-order chi connectivity index (χ1) is 38.0. The molecule has 3 aliphatic heterocycles. The molecule has 0 aromatic carbocycles. The number of hydrogen-bond acceptors (Lipinski definition) is 11. The first-order valence-electron chi connectivity index (χ1n) is 28.3. The summed E-state index contributed by atoms with van der Waals surface area (Å²) in [6, 6.07) is 2.56. The van der Waals surface area contributed by atoms with Gasteiger partial charge in [0.05, 0.1) is 52.4 Å². The minimum atomic E-state index is 0.0798. The van der Waals surface area contributed by atoms with E-state index in [9.17, 15) is 14.4 Å². The van der Waals surface area contributed by atoms with E-state index in [1.807, 2.05) is 60.9 Å². The van der Waals surface area contributed by atoms with E-state index in [0.29, 0.717) is 75.5 Å². The van der Waals surface area contributed by atoms with Crippen LogP contribution in [-0.4, -0.2) is 201 Å². The van der Waals surface area contributed by atoms with Crippen molar-refractivity contribution in [1.82, 2.24) is 74.0 Å². The molecule has 7 N–H and O–H groups in total. The molecule has 79 heavy (non-hydrogen) atoms. The monoisotopic (exact) mass is 1120 g/mol. The number of aromatic amines is 5. The van der Waals surface area contributed by atoms with Crippen molar-refractivity contribution in [2.24, 2.45) is 29.4 Å². The highest BCUT2D eigenvalue weighted by atomic mass is 32.1. The van der Waals surface area contributed by atoms with Crippen LogP contribution in [0.15, 0.2) is 71.5 Å². The second-order valence-electron chi connectivity index (χ2n) is 23.2. The maximum Gasteiger partial charge on any atom is 0.321 e. The van der Waals surface area contributed by atoms with E-state index in [-0.39, 0.29) is 18.1 Å². The van der Waals surface area contributed by atoms with Gasteiger partial charge in [-0.25, -0.2) is 19.4 Å². The van der Waals surface area contributed by atoms with Gasteiger partial charge in [0.15, 0.2) is 9.54 Å². The highest BCUT2D eigenvalue weighted by Gasteiger charge is 2.30. The number of rotatable bonds is 14. The summed E-state index contributed by atoms with van der Waals surface area (Å²) in [6.07, 6.45) is 34.8. The predicted octanol–water partition coefficient (Wildman–Crippen LogP) is 8.59. The summed E-state index contributed by atoms with van der Waals surface area (Å²) in [7, 11) is 11.1. The van der Waals surface area contributed by atoms with Gasteiger partial charge in [0.1, 0.15) is 0 Å². The van der Waals surface area contributed by atoms with Crippen LogP contribution >= 0.6 is 24.4 Å². The van der Waals surface area contributed by atoms with Crippen molar-refractivity contribution in [2.45, 2.75) is 103 Å². The van der Waals surface area contributed by atoms with Crippen LogP contribution in [-0.2, 0) is 19.3 Å². The minimum Gasteiger partial charge on any atom is -0.348 e. The zero-order chi connectivity index (χ0) is 56.4. The summed E-state index contributed by atoms with van der Waals surface area (Å²) in [4.78, 5) is 72.5. The Morgan fingerprint density at radius 3 is 1.20 bits per heavy atom. The van der Waals surface area contributed by atoms with E-state index in [0.717, 1.165) is 101 Å². The number of imidazole rings is 3. The average Bonchev–Trinajstić information content (AvgIpc) is 4.20. The topological polar surface area (TPSA) is 222 Å². The van der Waals surface area contributed by atoms with Gasteiger partial charge in [-0.2, -0.15) is 5.26 Å². The third kappa shape index (κ3) is 19.2. The number of hydrogen-bond donors (Lipinski definition) is 6. The van der Waals surface area contributed by atoms with Crippen molar-refractivity contribution >= 4 is 42.5 Å². The van der Waals surface area contributed by atoms with Crippen LogP contribution in [0, 0.1) is 44.5 Å². The molecule has 6 amide bonds. The lowest BCUT2D eigenvalue weighted by Crippen LogP contribution is -2.55. The van der Waals surface area contributed by atoms with E-state index < -0.39 is 0 Å². The molecule has 4 aliphatic carbocycles. The normalized spacial score (nSPS) is 23.5. The zero-order valence-corrected chi connectivity index (χ0v) is 49.5. The second kappa shape index (κ2) is 30.1. The second-order valence-corrected chi connectivity index (χ2v) is 24.0. The van der Waals surface area contributed by atoms with Crippen molar-refractivity contribution in [3.05, 3.63) is 98.1 Å². The fraction of sp³-hybridized carbons (Fsp3) is 0.632. The molecule has 22 heteroatoms. The molecular formula is C57H89N17O3S2. The van der Waals surface area contributed by atoms with Gasteiger partial charge >= 0.3 is 18.1 Å². The molecule has 3 saturated heterocycles. The van der Waals surface area contributed by atoms with Crippen molar-refractivity contribution in [3.8, 4) is 6.07 Å². The van der Waals surface area contributed by atoms with Crippen LogP contribution in [0.5, 0.6) is 0 Å². The molecule has 4 atom stereocenters. The van der Waals surface area contributed by atoms with Crippen LogP contribution < -0.4 is 5.73 Å². The van der Waals surface area contributed by atoms with E-state index in [4.69, 9.17) is 35.4 Å². The van der Waals surface area contributed by atoms with Crippen molar-refractivity contribution in [1.29, 1.82) is 5.26 Å². The minimum absolute atomic E-state index is 0.0798. The summed E-state index contributed by atoms with van der Waals surface area (Å²) in [5.41, 5.74) is 15.1. The molecule has 432 valence electrons. The predicted molar refractivity (Wildman–Crippen MR) is 315 cm³/mol. The Bertz CT molecular complexity index is 2690. The molecular weight excluding hydrogens is 1030 g/mol. The Kier molecular flexibility index (Phi) is 23.2. The maximum absolute atomic E-state index is 11.8. The summed E-state index contributed by atoms with van der Waals surface area (Å²) >= 11 is 10.1. The van der Waals surface area contributed by atoms with Gasteiger partial charge in [0, 0.05) is 111 Å². The Morgan fingerprint density at radius 2 is 0.873 bits per heavy atom. The number of carbonyl (C=O) groups is 3. The lowest BCUT2D eigenvalue weighted by molar-refractivity contribution is 0.0601. The van der Waals surface area contributed by atoms with Gasteiger partial charge in [-0.3, -0.25) is 14.7 Å². The Balaban J connectivity index is 0.000000154. The summed E-state index contributed by atoms with van der Waals surface area (Å²) in [5.74, 6) is 2.60. The quantitative estimate of drug-likeness (QED) is 0.0663. The Morgan fingerprint density at radius 1 is 0.532 bits per heavy atom. The van der Waals surface area contributed by atoms with Crippen LogP contribution in [0.25, 0.3) is 0 Å². The fourth-order valence-electron chi connectivity index (χ4n) is 12.3. The van der Waals surface area contributed by atoms with Gasteiger partial charge in [-0.15, -0.1) is 0 Å². The number of urea groups is 3. The van der Waals surface area contributed by atoms with E-state index >= 15 is 0 Å². The Labute approximate surface area is 478 Å². The van der Waals surface area contributed by atoms with Crippen LogP contribution in [0.1, 0.15) is 101 Å². The summed E-state index contributed by atoms with van der Waals surface area (Å²) in [5, 5.41) is 8.79. The zero-order valence-electron chi connectivity index (χ0n) is 47.9. The molecule has 0 bridgehead atoms. The van der Waals surface area contributed by atoms with Crippen LogP contribution in [0.2, 0.25) is 0 Å². The van der Waals surface area contributed by atoms with Crippen LogP contribution in [0.4, 0.5) is 14.4 Å². The SMILES string of the molecule is CN1CN(CC2=CCCC(CC#N)C2)CN(C)C1=O.CN1CN(CC2=CCCC(Cc3c[nH]c(=S)[nH]3)C2)CN(C)C1=O.CN1CN(CC2=CCCC(Cc3cnc[nH]3)C2)CN(C)C1=O.NCC1=CCCC(Cc2c[nH]c(=S)[nH]2)C1. The first-order valence-corrected chi connectivity index (χ1v) is 29.2. The maximum atomic E-state index is 11.8. The lowest BCUT2D eigenvalue weighted by atomic mass is 9.85. The molecule has 0 radical (unpaired) electrons. The van der Waals surface area contributed by atoms with Gasteiger partial charge in [0.2, 0.25) is 0 Å². The smallest absolute Gasteiger partial charge is 0.321 e. The number of amides is 6. The first kappa shape index (κ1) is 60.8. The fourth-order valence-corrected chi connectivity index (χ4v) is 12.7. The lowest BCUT2D eigenvalue weighted by Gasteiger charge is -2.39. The molecule has 6 heterocycles. The molecule has 3 fully saturated rings. The Hall–Kier alpha value is -5.83. The number of allylic oxidation sites excluding steroid dienone is 4.